The second-order valence-electron chi connectivity index (χ2n) is 2.57. The molecule has 78 valence electrons. The van der Waals surface area contributed by atoms with Gasteiger partial charge in [-0.1, -0.05) is 26.0 Å². The minimum Gasteiger partial charge on any atom is -0.387 e. The summed E-state index contributed by atoms with van der Waals surface area (Å²) in [4.78, 5) is 0. The monoisotopic (exact) mass is 185 g/mol. The topological polar surface area (TPSA) is 46.2 Å². The highest BCUT2D eigenvalue weighted by molar-refractivity contribution is 5.05. The van der Waals surface area contributed by atoms with E-state index in [1.807, 2.05) is 32.9 Å². The van der Waals surface area contributed by atoms with Crippen molar-refractivity contribution in [2.24, 2.45) is 5.73 Å². The summed E-state index contributed by atoms with van der Waals surface area (Å²) in [5, 5.41) is 9.21. The van der Waals surface area contributed by atoms with E-state index in [4.69, 9.17) is 5.73 Å². The lowest BCUT2D eigenvalue weighted by Crippen LogP contribution is -2.20. The van der Waals surface area contributed by atoms with E-state index >= 15 is 0 Å². The Kier molecular flexibility index (Phi) is 13.1. The molecular formula is C11H23NO. The number of aliphatic hydroxyl groups excluding tert-OH is 1. The van der Waals surface area contributed by atoms with Crippen molar-refractivity contribution < 1.29 is 5.11 Å². The molecule has 0 aromatic rings. The summed E-state index contributed by atoms with van der Waals surface area (Å²) in [6, 6.07) is 0. The van der Waals surface area contributed by atoms with Gasteiger partial charge in [0.15, 0.2) is 0 Å². The van der Waals surface area contributed by atoms with E-state index in [1.165, 1.54) is 0 Å². The zero-order valence-corrected chi connectivity index (χ0v) is 9.09. The molecule has 0 amide bonds. The van der Waals surface area contributed by atoms with Crippen LogP contribution in [0.2, 0.25) is 0 Å². The highest BCUT2D eigenvalue weighted by atomic mass is 16.3. The Morgan fingerprint density at radius 2 is 2.00 bits per heavy atom. The van der Waals surface area contributed by atoms with E-state index in [1.54, 1.807) is 0 Å². The van der Waals surface area contributed by atoms with Gasteiger partial charge < -0.3 is 10.8 Å². The van der Waals surface area contributed by atoms with Gasteiger partial charge in [-0.3, -0.25) is 0 Å². The lowest BCUT2D eigenvalue weighted by atomic mass is 10.1. The third-order valence-electron chi connectivity index (χ3n) is 1.59. The molecule has 0 aliphatic carbocycles. The third kappa shape index (κ3) is 9.31. The molecular weight excluding hydrogens is 162 g/mol. The summed E-state index contributed by atoms with van der Waals surface area (Å²) in [7, 11) is 0. The Morgan fingerprint density at radius 3 is 2.38 bits per heavy atom. The molecule has 2 nitrogen and oxygen atoms in total. The maximum absolute atomic E-state index is 9.21. The quantitative estimate of drug-likeness (QED) is 0.509. The van der Waals surface area contributed by atoms with Gasteiger partial charge in [-0.25, -0.2) is 0 Å². The second kappa shape index (κ2) is 11.4. The number of unbranched alkanes of at least 4 members (excludes halogenated alkanes) is 1. The highest BCUT2D eigenvalue weighted by Crippen LogP contribution is 2.02. The lowest BCUT2D eigenvalue weighted by molar-refractivity contribution is 0.218. The maximum Gasteiger partial charge on any atom is 0.0869 e. The molecule has 0 saturated heterocycles. The molecule has 2 heteroatoms. The molecule has 0 aliphatic rings. The molecule has 0 aromatic heterocycles. The average molecular weight is 185 g/mol. The standard InChI is InChI=1S/C9H17NO.C2H6/c1-3-4-5-6-8(2)9(11)7-10;1-2/h3,6,9,11H,1,4-5,7,10H2,2H3;1-2H3/b8-6+;. The molecule has 0 fully saturated rings. The van der Waals surface area contributed by atoms with Crippen LogP contribution in [0.4, 0.5) is 0 Å². The second-order valence-corrected chi connectivity index (χ2v) is 2.57. The average Bonchev–Trinajstić information content (AvgIpc) is 2.20. The molecule has 0 spiro atoms. The van der Waals surface area contributed by atoms with Gasteiger partial charge in [0.1, 0.15) is 0 Å². The summed E-state index contributed by atoms with van der Waals surface area (Å²) in [6.07, 6.45) is 5.28. The SMILES string of the molecule is C=CCC/C=C(\C)C(O)CN.CC. The van der Waals surface area contributed by atoms with Gasteiger partial charge in [-0.05, 0) is 25.3 Å². The van der Waals surface area contributed by atoms with Crippen molar-refractivity contribution in [3.8, 4) is 0 Å². The highest BCUT2D eigenvalue weighted by Gasteiger charge is 2.00. The molecule has 3 N–H and O–H groups in total. The lowest BCUT2D eigenvalue weighted by Gasteiger charge is -2.06. The van der Waals surface area contributed by atoms with Gasteiger partial charge in [-0.15, -0.1) is 6.58 Å². The van der Waals surface area contributed by atoms with Gasteiger partial charge >= 0.3 is 0 Å². The number of rotatable bonds is 5. The van der Waals surface area contributed by atoms with Gasteiger partial charge in [-0.2, -0.15) is 0 Å². The van der Waals surface area contributed by atoms with Crippen molar-refractivity contribution in [3.63, 3.8) is 0 Å². The van der Waals surface area contributed by atoms with Crippen molar-refractivity contribution in [3.05, 3.63) is 24.3 Å². The van der Waals surface area contributed by atoms with Gasteiger partial charge in [0.25, 0.3) is 0 Å². The fraction of sp³-hybridized carbons (Fsp3) is 0.636. The fourth-order valence-electron chi connectivity index (χ4n) is 0.751. The van der Waals surface area contributed by atoms with Crippen LogP contribution >= 0.6 is 0 Å². The molecule has 0 radical (unpaired) electrons. The summed E-state index contributed by atoms with van der Waals surface area (Å²) in [5.74, 6) is 0. The van der Waals surface area contributed by atoms with Crippen molar-refractivity contribution >= 4 is 0 Å². The Hall–Kier alpha value is -0.600. The molecule has 0 aliphatic heterocycles. The Morgan fingerprint density at radius 1 is 1.46 bits per heavy atom. The number of nitrogens with two attached hydrogens (primary N) is 1. The first-order valence-electron chi connectivity index (χ1n) is 4.88. The molecule has 0 rings (SSSR count). The van der Waals surface area contributed by atoms with Gasteiger partial charge in [0.2, 0.25) is 0 Å². The Labute approximate surface area is 82.1 Å². The van der Waals surface area contributed by atoms with Gasteiger partial charge in [0.05, 0.1) is 6.10 Å². The number of hydrogen-bond donors (Lipinski definition) is 2. The minimum atomic E-state index is -0.472. The van der Waals surface area contributed by atoms with Crippen molar-refractivity contribution in [1.82, 2.24) is 0 Å². The first-order valence-corrected chi connectivity index (χ1v) is 4.88. The van der Waals surface area contributed by atoms with Crippen LogP contribution in [-0.4, -0.2) is 17.8 Å². The van der Waals surface area contributed by atoms with Crippen LogP contribution in [0, 0.1) is 0 Å². The largest absolute Gasteiger partial charge is 0.387 e. The third-order valence-corrected chi connectivity index (χ3v) is 1.59. The smallest absolute Gasteiger partial charge is 0.0869 e. The zero-order valence-electron chi connectivity index (χ0n) is 9.09. The Balaban J connectivity index is 0. The summed E-state index contributed by atoms with van der Waals surface area (Å²) in [5.41, 5.74) is 6.22. The molecule has 0 bridgehead atoms. The molecule has 0 saturated carbocycles. The molecule has 1 unspecified atom stereocenters. The van der Waals surface area contributed by atoms with E-state index < -0.39 is 6.10 Å². The van der Waals surface area contributed by atoms with Crippen LogP contribution < -0.4 is 5.73 Å². The van der Waals surface area contributed by atoms with Crippen LogP contribution in [-0.2, 0) is 0 Å². The van der Waals surface area contributed by atoms with E-state index in [0.717, 1.165) is 18.4 Å². The van der Waals surface area contributed by atoms with E-state index in [2.05, 4.69) is 6.58 Å². The van der Waals surface area contributed by atoms with Crippen LogP contribution in [0.15, 0.2) is 24.3 Å². The van der Waals surface area contributed by atoms with Crippen LogP contribution in [0.1, 0.15) is 33.6 Å². The van der Waals surface area contributed by atoms with Crippen LogP contribution in [0.25, 0.3) is 0 Å². The molecule has 13 heavy (non-hydrogen) atoms. The molecule has 1 atom stereocenters. The molecule has 0 heterocycles. The van der Waals surface area contributed by atoms with E-state index in [0.29, 0.717) is 6.54 Å². The number of hydrogen-bond acceptors (Lipinski definition) is 2. The summed E-state index contributed by atoms with van der Waals surface area (Å²) in [6.45, 7) is 9.80. The van der Waals surface area contributed by atoms with Crippen LogP contribution in [0.5, 0.6) is 0 Å². The minimum absolute atomic E-state index is 0.302. The normalized spacial score (nSPS) is 12.8. The van der Waals surface area contributed by atoms with E-state index in [9.17, 15) is 5.11 Å². The van der Waals surface area contributed by atoms with E-state index in [-0.39, 0.29) is 0 Å². The number of aliphatic hydroxyl groups is 1. The zero-order chi connectivity index (χ0) is 10.7. The van der Waals surface area contributed by atoms with Gasteiger partial charge in [0, 0.05) is 6.54 Å². The predicted octanol–water partition coefficient (Wildman–Crippen LogP) is 2.24. The summed E-state index contributed by atoms with van der Waals surface area (Å²) >= 11 is 0. The molecule has 0 aromatic carbocycles. The predicted molar refractivity (Wildman–Crippen MR) is 59.6 cm³/mol. The van der Waals surface area contributed by atoms with Crippen molar-refractivity contribution in [1.29, 1.82) is 0 Å². The first-order chi connectivity index (χ1) is 6.22. The van der Waals surface area contributed by atoms with Crippen molar-refractivity contribution in [2.75, 3.05) is 6.54 Å². The van der Waals surface area contributed by atoms with Crippen molar-refractivity contribution in [2.45, 2.75) is 39.7 Å². The maximum atomic E-state index is 9.21. The fourth-order valence-corrected chi connectivity index (χ4v) is 0.751. The van der Waals surface area contributed by atoms with Crippen LogP contribution in [0.3, 0.4) is 0 Å². The Bertz CT molecular complexity index is 141. The summed E-state index contributed by atoms with van der Waals surface area (Å²) < 4.78 is 0. The first kappa shape index (κ1) is 14.9. The number of allylic oxidation sites excluding steroid dienone is 2.